The molecule has 3 nitrogen and oxygen atoms in total. The third-order valence-electron chi connectivity index (χ3n) is 2.81. The summed E-state index contributed by atoms with van der Waals surface area (Å²) in [5.41, 5.74) is 7.44. The molecule has 0 spiro atoms. The number of hydrogen-bond acceptors (Lipinski definition) is 4. The Balaban J connectivity index is 1.62. The van der Waals surface area contributed by atoms with Crippen molar-refractivity contribution in [2.24, 2.45) is 5.73 Å². The van der Waals surface area contributed by atoms with E-state index in [4.69, 9.17) is 5.73 Å². The largest absolute Gasteiger partial charge is 0.327 e. The topological polar surface area (TPSA) is 50.9 Å². The summed E-state index contributed by atoms with van der Waals surface area (Å²) in [7, 11) is 0. The number of aryl methyl sites for hydroxylation is 1. The van der Waals surface area contributed by atoms with E-state index in [0.717, 1.165) is 30.9 Å². The molecule has 2 aromatic rings. The second kappa shape index (κ2) is 7.26. The van der Waals surface area contributed by atoms with Gasteiger partial charge in [0.1, 0.15) is 5.01 Å². The van der Waals surface area contributed by atoms with E-state index in [2.05, 4.69) is 34.6 Å². The van der Waals surface area contributed by atoms with Crippen LogP contribution in [0.5, 0.6) is 0 Å². The summed E-state index contributed by atoms with van der Waals surface area (Å²) in [5, 5.41) is 6.46. The minimum Gasteiger partial charge on any atom is -0.327 e. The minimum absolute atomic E-state index is 0.199. The highest BCUT2D eigenvalue weighted by molar-refractivity contribution is 7.09. The Kier molecular flexibility index (Phi) is 5.33. The maximum atomic E-state index is 6.08. The lowest BCUT2D eigenvalue weighted by Crippen LogP contribution is -2.33. The summed E-state index contributed by atoms with van der Waals surface area (Å²) in [6, 6.07) is 10.7. The van der Waals surface area contributed by atoms with E-state index in [1.165, 1.54) is 5.56 Å². The fourth-order valence-corrected chi connectivity index (χ4v) is 2.39. The number of nitrogens with zero attached hydrogens (tertiary/aromatic N) is 1. The molecule has 1 atom stereocenters. The minimum atomic E-state index is 0.199. The number of nitrogens with two attached hydrogens (primary N) is 1. The van der Waals surface area contributed by atoms with E-state index in [1.807, 2.05) is 17.6 Å². The molecule has 96 valence electrons. The first-order chi connectivity index (χ1) is 8.84. The molecule has 0 amide bonds. The van der Waals surface area contributed by atoms with Crippen molar-refractivity contribution in [2.75, 3.05) is 6.54 Å². The summed E-state index contributed by atoms with van der Waals surface area (Å²) in [5.74, 6) is 0. The smallest absolute Gasteiger partial charge is 0.106 e. The monoisotopic (exact) mass is 261 g/mol. The first kappa shape index (κ1) is 13.2. The SMILES string of the molecule is NC(CCc1ccccc1)CNCc1nccs1. The highest BCUT2D eigenvalue weighted by Gasteiger charge is 2.03. The van der Waals surface area contributed by atoms with Crippen LogP contribution >= 0.6 is 11.3 Å². The molecular formula is C14H19N3S. The zero-order valence-corrected chi connectivity index (χ0v) is 11.2. The van der Waals surface area contributed by atoms with Crippen molar-refractivity contribution in [3.8, 4) is 0 Å². The molecule has 3 N–H and O–H groups in total. The van der Waals surface area contributed by atoms with Gasteiger partial charge in [0, 0.05) is 30.7 Å². The average molecular weight is 261 g/mol. The van der Waals surface area contributed by atoms with E-state index in [-0.39, 0.29) is 6.04 Å². The molecule has 1 unspecified atom stereocenters. The van der Waals surface area contributed by atoms with Crippen LogP contribution in [0.1, 0.15) is 17.0 Å². The quantitative estimate of drug-likeness (QED) is 0.803. The normalized spacial score (nSPS) is 12.5. The third kappa shape index (κ3) is 4.56. The molecule has 0 saturated carbocycles. The van der Waals surface area contributed by atoms with Crippen LogP contribution in [0.3, 0.4) is 0 Å². The number of thiazole rings is 1. The molecule has 0 aliphatic carbocycles. The molecule has 0 aliphatic rings. The van der Waals surface area contributed by atoms with Crippen LogP contribution in [0.2, 0.25) is 0 Å². The molecular weight excluding hydrogens is 242 g/mol. The lowest BCUT2D eigenvalue weighted by atomic mass is 10.1. The van der Waals surface area contributed by atoms with Gasteiger partial charge >= 0.3 is 0 Å². The van der Waals surface area contributed by atoms with Crippen molar-refractivity contribution >= 4 is 11.3 Å². The van der Waals surface area contributed by atoms with E-state index < -0.39 is 0 Å². The van der Waals surface area contributed by atoms with Gasteiger partial charge in [-0.2, -0.15) is 0 Å². The fraction of sp³-hybridized carbons (Fsp3) is 0.357. The van der Waals surface area contributed by atoms with Crippen LogP contribution in [-0.2, 0) is 13.0 Å². The Morgan fingerprint density at radius 1 is 1.28 bits per heavy atom. The molecule has 2 rings (SSSR count). The van der Waals surface area contributed by atoms with Crippen LogP contribution < -0.4 is 11.1 Å². The molecule has 0 fully saturated rings. The third-order valence-corrected chi connectivity index (χ3v) is 3.59. The number of rotatable bonds is 7. The second-order valence-corrected chi connectivity index (χ2v) is 5.32. The molecule has 0 radical (unpaired) electrons. The molecule has 1 aromatic heterocycles. The van der Waals surface area contributed by atoms with E-state index in [1.54, 1.807) is 11.3 Å². The Labute approximate surface area is 112 Å². The van der Waals surface area contributed by atoms with Crippen molar-refractivity contribution in [3.63, 3.8) is 0 Å². The Morgan fingerprint density at radius 2 is 2.11 bits per heavy atom. The average Bonchev–Trinajstić information content (AvgIpc) is 2.91. The first-order valence-corrected chi connectivity index (χ1v) is 7.11. The molecule has 0 saturated heterocycles. The lowest BCUT2D eigenvalue weighted by molar-refractivity contribution is 0.543. The van der Waals surface area contributed by atoms with Gasteiger partial charge in [0.25, 0.3) is 0 Å². The van der Waals surface area contributed by atoms with Gasteiger partial charge in [-0.1, -0.05) is 30.3 Å². The zero-order chi connectivity index (χ0) is 12.6. The van der Waals surface area contributed by atoms with Crippen molar-refractivity contribution in [1.82, 2.24) is 10.3 Å². The van der Waals surface area contributed by atoms with Gasteiger partial charge in [0.2, 0.25) is 0 Å². The maximum Gasteiger partial charge on any atom is 0.106 e. The molecule has 1 heterocycles. The fourth-order valence-electron chi connectivity index (χ4n) is 1.80. The Morgan fingerprint density at radius 3 is 2.83 bits per heavy atom. The van der Waals surface area contributed by atoms with Crippen LogP contribution in [0, 0.1) is 0 Å². The van der Waals surface area contributed by atoms with Gasteiger partial charge in [0.15, 0.2) is 0 Å². The van der Waals surface area contributed by atoms with Crippen LogP contribution in [0.4, 0.5) is 0 Å². The molecule has 4 heteroatoms. The number of aromatic nitrogens is 1. The zero-order valence-electron chi connectivity index (χ0n) is 10.4. The maximum absolute atomic E-state index is 6.08. The van der Waals surface area contributed by atoms with Gasteiger partial charge in [0.05, 0.1) is 0 Å². The molecule has 18 heavy (non-hydrogen) atoms. The Hall–Kier alpha value is -1.23. The summed E-state index contributed by atoms with van der Waals surface area (Å²) in [6.07, 6.45) is 3.88. The molecule has 0 bridgehead atoms. The summed E-state index contributed by atoms with van der Waals surface area (Å²) < 4.78 is 0. The van der Waals surface area contributed by atoms with E-state index >= 15 is 0 Å². The summed E-state index contributed by atoms with van der Waals surface area (Å²) >= 11 is 1.67. The van der Waals surface area contributed by atoms with Gasteiger partial charge in [-0.25, -0.2) is 4.98 Å². The van der Waals surface area contributed by atoms with Crippen LogP contribution in [0.15, 0.2) is 41.9 Å². The lowest BCUT2D eigenvalue weighted by Gasteiger charge is -2.12. The van der Waals surface area contributed by atoms with Crippen molar-refractivity contribution in [2.45, 2.75) is 25.4 Å². The van der Waals surface area contributed by atoms with Crippen molar-refractivity contribution < 1.29 is 0 Å². The van der Waals surface area contributed by atoms with Crippen LogP contribution in [0.25, 0.3) is 0 Å². The first-order valence-electron chi connectivity index (χ1n) is 6.23. The van der Waals surface area contributed by atoms with E-state index in [0.29, 0.717) is 0 Å². The van der Waals surface area contributed by atoms with Gasteiger partial charge in [-0.15, -0.1) is 11.3 Å². The van der Waals surface area contributed by atoms with Crippen LogP contribution in [-0.4, -0.2) is 17.6 Å². The number of benzene rings is 1. The standard InChI is InChI=1S/C14H19N3S/c15-13(7-6-12-4-2-1-3-5-12)10-16-11-14-17-8-9-18-14/h1-5,8-9,13,16H,6-7,10-11,15H2. The number of nitrogens with one attached hydrogen (secondary N) is 1. The van der Waals surface area contributed by atoms with Gasteiger partial charge < -0.3 is 11.1 Å². The molecule has 1 aromatic carbocycles. The van der Waals surface area contributed by atoms with Gasteiger partial charge in [-0.3, -0.25) is 0 Å². The highest BCUT2D eigenvalue weighted by atomic mass is 32.1. The van der Waals surface area contributed by atoms with Gasteiger partial charge in [-0.05, 0) is 18.4 Å². The summed E-state index contributed by atoms with van der Waals surface area (Å²) in [6.45, 7) is 1.66. The Bertz CT molecular complexity index is 428. The predicted octanol–water partition coefficient (Wildman–Crippen LogP) is 2.19. The van der Waals surface area contributed by atoms with E-state index in [9.17, 15) is 0 Å². The summed E-state index contributed by atoms with van der Waals surface area (Å²) in [4.78, 5) is 4.22. The van der Waals surface area contributed by atoms with Crippen molar-refractivity contribution in [3.05, 3.63) is 52.5 Å². The predicted molar refractivity (Wildman–Crippen MR) is 76.6 cm³/mol. The number of hydrogen-bond donors (Lipinski definition) is 2. The van der Waals surface area contributed by atoms with Crippen molar-refractivity contribution in [1.29, 1.82) is 0 Å². The molecule has 0 aliphatic heterocycles. The highest BCUT2D eigenvalue weighted by Crippen LogP contribution is 2.05. The second-order valence-electron chi connectivity index (χ2n) is 4.34.